The van der Waals surface area contributed by atoms with Crippen molar-refractivity contribution in [3.8, 4) is 5.75 Å². The van der Waals surface area contributed by atoms with Crippen LogP contribution in [-0.2, 0) is 10.0 Å². The van der Waals surface area contributed by atoms with Gasteiger partial charge in [0, 0.05) is 16.8 Å². The summed E-state index contributed by atoms with van der Waals surface area (Å²) in [7, 11) is -2.39. The summed E-state index contributed by atoms with van der Waals surface area (Å²) in [6, 6.07) is 16.9. The molecule has 0 saturated heterocycles. The van der Waals surface area contributed by atoms with Gasteiger partial charge in [-0.2, -0.15) is 5.10 Å². The van der Waals surface area contributed by atoms with Crippen molar-refractivity contribution in [2.75, 3.05) is 11.8 Å². The van der Waals surface area contributed by atoms with Crippen LogP contribution in [0.1, 0.15) is 15.9 Å². The molecule has 10 heteroatoms. The molecule has 3 aromatic rings. The van der Waals surface area contributed by atoms with Crippen LogP contribution in [0.25, 0.3) is 0 Å². The monoisotopic (exact) mass is 477 g/mol. The molecule has 0 fully saturated rings. The first-order chi connectivity index (χ1) is 14.8. The molecule has 0 heterocycles. The van der Waals surface area contributed by atoms with Gasteiger partial charge in [-0.3, -0.25) is 9.52 Å². The first-order valence-electron chi connectivity index (χ1n) is 8.84. The van der Waals surface area contributed by atoms with E-state index in [2.05, 4.69) is 15.2 Å². The lowest BCUT2D eigenvalue weighted by Gasteiger charge is -2.10. The number of ether oxygens (including phenoxy) is 1. The van der Waals surface area contributed by atoms with Crippen LogP contribution in [0.3, 0.4) is 0 Å². The van der Waals surface area contributed by atoms with Crippen LogP contribution in [0.15, 0.2) is 76.7 Å². The molecule has 0 atom stereocenters. The molecule has 0 bridgehead atoms. The molecule has 7 nitrogen and oxygen atoms in total. The van der Waals surface area contributed by atoms with Gasteiger partial charge in [0.2, 0.25) is 0 Å². The topological polar surface area (TPSA) is 96.9 Å². The van der Waals surface area contributed by atoms with Crippen LogP contribution in [0.2, 0.25) is 10.0 Å². The van der Waals surface area contributed by atoms with Crippen molar-refractivity contribution in [2.45, 2.75) is 4.90 Å². The van der Waals surface area contributed by atoms with Gasteiger partial charge in [-0.15, -0.1) is 0 Å². The fourth-order valence-corrected chi connectivity index (χ4v) is 4.13. The Balaban J connectivity index is 1.73. The largest absolute Gasteiger partial charge is 0.497 e. The van der Waals surface area contributed by atoms with Gasteiger partial charge in [-0.1, -0.05) is 35.3 Å². The minimum atomic E-state index is -3.91. The minimum Gasteiger partial charge on any atom is -0.497 e. The van der Waals surface area contributed by atoms with Crippen molar-refractivity contribution in [2.24, 2.45) is 5.10 Å². The number of carbonyl (C=O) groups excluding carboxylic acids is 1. The number of rotatable bonds is 7. The number of benzene rings is 3. The standard InChI is InChI=1S/C21H17Cl2N3O4S/c1-30-16-10-8-15(9-11-16)26-31(28,29)17-5-2-4-14(12-17)21(27)25-24-13-18-19(22)6-3-7-20(18)23/h2-13,26H,1H3,(H,25,27)/b24-13+. The van der Waals surface area contributed by atoms with E-state index >= 15 is 0 Å². The van der Waals surface area contributed by atoms with E-state index in [1.165, 1.54) is 37.6 Å². The third kappa shape index (κ3) is 5.75. The number of nitrogens with zero attached hydrogens (tertiary/aromatic N) is 1. The highest BCUT2D eigenvalue weighted by molar-refractivity contribution is 7.92. The fourth-order valence-electron chi connectivity index (χ4n) is 2.53. The maximum atomic E-state index is 12.7. The molecule has 1 amide bonds. The molecule has 31 heavy (non-hydrogen) atoms. The average Bonchev–Trinajstić information content (AvgIpc) is 2.76. The number of carbonyl (C=O) groups is 1. The Morgan fingerprint density at radius 2 is 1.65 bits per heavy atom. The number of amides is 1. The van der Waals surface area contributed by atoms with Crippen molar-refractivity contribution in [1.29, 1.82) is 0 Å². The van der Waals surface area contributed by atoms with Gasteiger partial charge in [-0.05, 0) is 54.6 Å². The molecule has 0 aliphatic heterocycles. The number of hydrogen-bond acceptors (Lipinski definition) is 5. The quantitative estimate of drug-likeness (QED) is 0.384. The zero-order valence-electron chi connectivity index (χ0n) is 16.2. The van der Waals surface area contributed by atoms with Gasteiger partial charge in [-0.25, -0.2) is 13.8 Å². The molecule has 0 aromatic heterocycles. The number of sulfonamides is 1. The number of halogens is 2. The lowest BCUT2D eigenvalue weighted by atomic mass is 10.2. The summed E-state index contributed by atoms with van der Waals surface area (Å²) in [5.41, 5.74) is 3.25. The second kappa shape index (κ2) is 9.82. The van der Waals surface area contributed by atoms with E-state index in [0.717, 1.165) is 0 Å². The Morgan fingerprint density at radius 3 is 2.29 bits per heavy atom. The number of nitrogens with one attached hydrogen (secondary N) is 2. The van der Waals surface area contributed by atoms with Crippen LogP contribution < -0.4 is 14.9 Å². The molecule has 0 radical (unpaired) electrons. The molecule has 0 saturated carbocycles. The third-order valence-corrected chi connectivity index (χ3v) is 6.15. The number of methoxy groups -OCH3 is 1. The van der Waals surface area contributed by atoms with Crippen molar-refractivity contribution in [3.05, 3.63) is 87.9 Å². The molecule has 3 aromatic carbocycles. The highest BCUT2D eigenvalue weighted by Gasteiger charge is 2.16. The summed E-state index contributed by atoms with van der Waals surface area (Å²) in [6.07, 6.45) is 1.31. The van der Waals surface area contributed by atoms with Crippen molar-refractivity contribution >= 4 is 51.0 Å². The van der Waals surface area contributed by atoms with Crippen molar-refractivity contribution in [1.82, 2.24) is 5.43 Å². The highest BCUT2D eigenvalue weighted by Crippen LogP contribution is 2.22. The molecule has 160 valence electrons. The SMILES string of the molecule is COc1ccc(NS(=O)(=O)c2cccc(C(=O)N/N=C/c3c(Cl)cccc3Cl)c2)cc1. The Labute approximate surface area is 189 Å². The number of hydrogen-bond donors (Lipinski definition) is 2. The summed E-state index contributed by atoms with van der Waals surface area (Å²) >= 11 is 12.1. The van der Waals surface area contributed by atoms with E-state index in [9.17, 15) is 13.2 Å². The predicted octanol–water partition coefficient (Wildman–Crippen LogP) is 4.57. The molecule has 3 rings (SSSR count). The molecular weight excluding hydrogens is 461 g/mol. The van der Waals surface area contributed by atoms with E-state index < -0.39 is 15.9 Å². The fraction of sp³-hybridized carbons (Fsp3) is 0.0476. The van der Waals surface area contributed by atoms with Gasteiger partial charge < -0.3 is 4.74 Å². The van der Waals surface area contributed by atoms with Gasteiger partial charge in [0.1, 0.15) is 5.75 Å². The molecule has 0 spiro atoms. The lowest BCUT2D eigenvalue weighted by Crippen LogP contribution is -2.19. The molecule has 0 unspecified atom stereocenters. The maximum Gasteiger partial charge on any atom is 0.271 e. The maximum absolute atomic E-state index is 12.7. The van der Waals surface area contributed by atoms with Crippen molar-refractivity contribution in [3.63, 3.8) is 0 Å². The van der Waals surface area contributed by atoms with E-state index in [-0.39, 0.29) is 10.5 Å². The zero-order chi connectivity index (χ0) is 22.4. The normalized spacial score (nSPS) is 11.3. The van der Waals surface area contributed by atoms with E-state index in [4.69, 9.17) is 27.9 Å². The lowest BCUT2D eigenvalue weighted by molar-refractivity contribution is 0.0955. The van der Waals surface area contributed by atoms with Crippen molar-refractivity contribution < 1.29 is 17.9 Å². The summed E-state index contributed by atoms with van der Waals surface area (Å²) in [4.78, 5) is 12.3. The summed E-state index contributed by atoms with van der Waals surface area (Å²) in [5.74, 6) is 0.00109. The van der Waals surface area contributed by atoms with E-state index in [1.54, 1.807) is 42.5 Å². The second-order valence-corrected chi connectivity index (χ2v) is 8.69. The Hall–Kier alpha value is -3.07. The average molecular weight is 478 g/mol. The van der Waals surface area contributed by atoms with E-state index in [1.807, 2.05) is 0 Å². The smallest absolute Gasteiger partial charge is 0.271 e. The number of hydrazone groups is 1. The van der Waals surface area contributed by atoms with Gasteiger partial charge in [0.15, 0.2) is 0 Å². The predicted molar refractivity (Wildman–Crippen MR) is 122 cm³/mol. The molecule has 0 aliphatic rings. The number of anilines is 1. The van der Waals surface area contributed by atoms with Crippen LogP contribution in [0.5, 0.6) is 5.75 Å². The first-order valence-corrected chi connectivity index (χ1v) is 11.1. The van der Waals surface area contributed by atoms with Crippen LogP contribution in [0, 0.1) is 0 Å². The molecule has 2 N–H and O–H groups in total. The summed E-state index contributed by atoms with van der Waals surface area (Å²) in [6.45, 7) is 0. The zero-order valence-corrected chi connectivity index (χ0v) is 18.5. The second-order valence-electron chi connectivity index (χ2n) is 6.20. The Bertz CT molecular complexity index is 1210. The minimum absolute atomic E-state index is 0.0749. The van der Waals surface area contributed by atoms with Gasteiger partial charge in [0.25, 0.3) is 15.9 Å². The molecular formula is C21H17Cl2N3O4S. The van der Waals surface area contributed by atoms with Crippen LogP contribution >= 0.6 is 23.2 Å². The van der Waals surface area contributed by atoms with Crippen LogP contribution in [-0.4, -0.2) is 27.6 Å². The molecule has 0 aliphatic carbocycles. The van der Waals surface area contributed by atoms with E-state index in [0.29, 0.717) is 27.0 Å². The third-order valence-electron chi connectivity index (χ3n) is 4.11. The summed E-state index contributed by atoms with van der Waals surface area (Å²) in [5, 5.41) is 4.60. The van der Waals surface area contributed by atoms with Gasteiger partial charge in [0.05, 0.1) is 28.3 Å². The highest BCUT2D eigenvalue weighted by atomic mass is 35.5. The Kier molecular flexibility index (Phi) is 7.17. The van der Waals surface area contributed by atoms with Gasteiger partial charge >= 0.3 is 0 Å². The Morgan fingerprint density at radius 1 is 1.00 bits per heavy atom. The summed E-state index contributed by atoms with van der Waals surface area (Å²) < 4.78 is 32.9. The van der Waals surface area contributed by atoms with Crippen LogP contribution in [0.4, 0.5) is 5.69 Å². The first kappa shape index (κ1) is 22.6.